The molecule has 2 atom stereocenters. The van der Waals surface area contributed by atoms with Crippen LogP contribution in [0.2, 0.25) is 5.02 Å². The summed E-state index contributed by atoms with van der Waals surface area (Å²) in [4.78, 5) is 27.6. The summed E-state index contributed by atoms with van der Waals surface area (Å²) >= 11 is 5.91. The number of esters is 1. The number of halogens is 1. The number of carbonyl (C=O) groups is 2. The molecule has 0 saturated carbocycles. The highest BCUT2D eigenvalue weighted by molar-refractivity contribution is 6.33. The molecule has 0 aliphatic rings. The Labute approximate surface area is 117 Å². The molecule has 0 saturated heterocycles. The lowest BCUT2D eigenvalue weighted by Gasteiger charge is -2.21. The van der Waals surface area contributed by atoms with Gasteiger partial charge in [-0.25, -0.2) is 4.79 Å². The molecule has 0 fully saturated rings. The van der Waals surface area contributed by atoms with Gasteiger partial charge in [-0.2, -0.15) is 0 Å². The molecule has 0 aromatic carbocycles. The van der Waals surface area contributed by atoms with E-state index in [2.05, 4.69) is 10.3 Å². The molecule has 6 heteroatoms. The summed E-state index contributed by atoms with van der Waals surface area (Å²) in [5, 5.41) is 2.93. The largest absolute Gasteiger partial charge is 0.467 e. The molecule has 19 heavy (non-hydrogen) atoms. The van der Waals surface area contributed by atoms with Crippen LogP contribution in [0, 0.1) is 5.92 Å². The van der Waals surface area contributed by atoms with E-state index in [0.29, 0.717) is 5.02 Å². The molecule has 5 nitrogen and oxygen atoms in total. The zero-order valence-electron chi connectivity index (χ0n) is 11.1. The van der Waals surface area contributed by atoms with E-state index < -0.39 is 17.9 Å². The van der Waals surface area contributed by atoms with Crippen LogP contribution in [-0.4, -0.2) is 30.0 Å². The second-order valence-electron chi connectivity index (χ2n) is 4.22. The monoisotopic (exact) mass is 284 g/mol. The summed E-state index contributed by atoms with van der Waals surface area (Å²) in [6, 6.07) is 0.825. The first kappa shape index (κ1) is 15.4. The number of ether oxygens (including phenoxy) is 1. The molecule has 1 amide bonds. The lowest BCUT2D eigenvalue weighted by atomic mass is 9.99. The molecule has 1 heterocycles. The Kier molecular flexibility index (Phi) is 5.76. The molecule has 1 aromatic rings. The van der Waals surface area contributed by atoms with Gasteiger partial charge in [-0.1, -0.05) is 31.9 Å². The van der Waals surface area contributed by atoms with Crippen LogP contribution >= 0.6 is 11.6 Å². The van der Waals surface area contributed by atoms with Gasteiger partial charge in [0.1, 0.15) is 6.04 Å². The number of nitrogens with zero attached hydrogens (tertiary/aromatic N) is 1. The minimum absolute atomic E-state index is 0.0353. The molecule has 0 aliphatic carbocycles. The maximum absolute atomic E-state index is 12.1. The number of pyridine rings is 1. The van der Waals surface area contributed by atoms with E-state index in [9.17, 15) is 9.59 Å². The third kappa shape index (κ3) is 3.92. The maximum atomic E-state index is 12.1. The fraction of sp³-hybridized carbons (Fsp3) is 0.462. The maximum Gasteiger partial charge on any atom is 0.328 e. The summed E-state index contributed by atoms with van der Waals surface area (Å²) in [5.41, 5.74) is 0.237. The van der Waals surface area contributed by atoms with E-state index in [1.54, 1.807) is 0 Å². The highest BCUT2D eigenvalue weighted by Gasteiger charge is 2.27. The molecule has 104 valence electrons. The number of hydrogen-bond donors (Lipinski definition) is 1. The Morgan fingerprint density at radius 2 is 2.21 bits per heavy atom. The normalized spacial score (nSPS) is 13.5. The van der Waals surface area contributed by atoms with Crippen LogP contribution in [0.1, 0.15) is 30.6 Å². The summed E-state index contributed by atoms with van der Waals surface area (Å²) in [6.45, 7) is 3.80. The molecular weight excluding hydrogens is 268 g/mol. The first-order valence-electron chi connectivity index (χ1n) is 5.99. The summed E-state index contributed by atoms with van der Waals surface area (Å²) in [6.07, 6.45) is 3.59. The Morgan fingerprint density at radius 3 is 2.74 bits per heavy atom. The Morgan fingerprint density at radius 1 is 1.53 bits per heavy atom. The van der Waals surface area contributed by atoms with E-state index in [1.807, 2.05) is 13.8 Å². The number of methoxy groups -OCH3 is 1. The number of rotatable bonds is 5. The molecule has 1 N–H and O–H groups in total. The molecule has 0 radical (unpaired) electrons. The van der Waals surface area contributed by atoms with Crippen molar-refractivity contribution in [2.24, 2.45) is 5.92 Å². The van der Waals surface area contributed by atoms with Crippen molar-refractivity contribution < 1.29 is 14.3 Å². The van der Waals surface area contributed by atoms with Gasteiger partial charge in [-0.05, 0) is 12.0 Å². The van der Waals surface area contributed by atoms with Crippen molar-refractivity contribution in [2.75, 3.05) is 7.11 Å². The van der Waals surface area contributed by atoms with Crippen molar-refractivity contribution in [3.05, 3.63) is 29.0 Å². The van der Waals surface area contributed by atoms with Crippen LogP contribution in [0.5, 0.6) is 0 Å². The van der Waals surface area contributed by atoms with Gasteiger partial charge in [0, 0.05) is 12.4 Å². The van der Waals surface area contributed by atoms with Crippen LogP contribution < -0.4 is 5.32 Å². The highest BCUT2D eigenvalue weighted by Crippen LogP contribution is 2.15. The Hall–Kier alpha value is -1.62. The summed E-state index contributed by atoms with van der Waals surface area (Å²) in [7, 11) is 1.29. The number of nitrogens with one attached hydrogen (secondary N) is 1. The topological polar surface area (TPSA) is 68.3 Å². The number of amides is 1. The van der Waals surface area contributed by atoms with Crippen molar-refractivity contribution in [2.45, 2.75) is 26.3 Å². The molecule has 0 aliphatic heterocycles. The predicted octanol–water partition coefficient (Wildman–Crippen LogP) is 2.05. The molecule has 1 aromatic heterocycles. The second-order valence-corrected chi connectivity index (χ2v) is 4.62. The number of aromatic nitrogens is 1. The lowest BCUT2D eigenvalue weighted by molar-refractivity contribution is -0.144. The first-order chi connectivity index (χ1) is 9.01. The SMILES string of the molecule is CCC(C)C(NC(=O)c1cnccc1Cl)C(=O)OC. The quantitative estimate of drug-likeness (QED) is 0.840. The molecule has 0 spiro atoms. The van der Waals surface area contributed by atoms with Gasteiger partial charge in [0.05, 0.1) is 17.7 Å². The molecule has 2 unspecified atom stereocenters. The molecule has 0 bridgehead atoms. The van der Waals surface area contributed by atoms with Crippen LogP contribution in [0.15, 0.2) is 18.5 Å². The van der Waals surface area contributed by atoms with Gasteiger partial charge < -0.3 is 10.1 Å². The fourth-order valence-corrected chi connectivity index (χ4v) is 1.75. The van der Waals surface area contributed by atoms with Crippen LogP contribution in [-0.2, 0) is 9.53 Å². The summed E-state index contributed by atoms with van der Waals surface area (Å²) in [5.74, 6) is -0.941. The third-order valence-electron chi connectivity index (χ3n) is 2.97. The second kappa shape index (κ2) is 7.09. The fourth-order valence-electron chi connectivity index (χ4n) is 1.56. The van der Waals surface area contributed by atoms with E-state index in [4.69, 9.17) is 16.3 Å². The standard InChI is InChI=1S/C13H17ClN2O3/c1-4-8(2)11(13(18)19-3)16-12(17)9-7-15-6-5-10(9)14/h5-8,11H,4H2,1-3H3,(H,16,17). The average molecular weight is 285 g/mol. The van der Waals surface area contributed by atoms with Crippen LogP contribution in [0.25, 0.3) is 0 Å². The number of carbonyl (C=O) groups excluding carboxylic acids is 2. The van der Waals surface area contributed by atoms with Gasteiger partial charge in [0.25, 0.3) is 5.91 Å². The van der Waals surface area contributed by atoms with Crippen molar-refractivity contribution in [3.63, 3.8) is 0 Å². The first-order valence-corrected chi connectivity index (χ1v) is 6.37. The Balaban J connectivity index is 2.88. The predicted molar refractivity (Wildman–Crippen MR) is 72.0 cm³/mol. The van der Waals surface area contributed by atoms with Crippen molar-refractivity contribution >= 4 is 23.5 Å². The van der Waals surface area contributed by atoms with Crippen molar-refractivity contribution in [3.8, 4) is 0 Å². The summed E-state index contributed by atoms with van der Waals surface area (Å²) < 4.78 is 4.70. The van der Waals surface area contributed by atoms with Crippen LogP contribution in [0.3, 0.4) is 0 Å². The van der Waals surface area contributed by atoms with Gasteiger partial charge in [0.15, 0.2) is 0 Å². The lowest BCUT2D eigenvalue weighted by Crippen LogP contribution is -2.45. The van der Waals surface area contributed by atoms with Gasteiger partial charge in [-0.3, -0.25) is 9.78 Å². The highest BCUT2D eigenvalue weighted by atomic mass is 35.5. The average Bonchev–Trinajstić information content (AvgIpc) is 2.43. The third-order valence-corrected chi connectivity index (χ3v) is 3.30. The van der Waals surface area contributed by atoms with E-state index >= 15 is 0 Å². The van der Waals surface area contributed by atoms with E-state index in [-0.39, 0.29) is 11.5 Å². The zero-order valence-corrected chi connectivity index (χ0v) is 11.9. The van der Waals surface area contributed by atoms with Crippen LogP contribution in [0.4, 0.5) is 0 Å². The van der Waals surface area contributed by atoms with Crippen molar-refractivity contribution in [1.82, 2.24) is 10.3 Å². The van der Waals surface area contributed by atoms with Gasteiger partial charge >= 0.3 is 5.97 Å². The molecule has 1 rings (SSSR count). The zero-order chi connectivity index (χ0) is 14.4. The smallest absolute Gasteiger partial charge is 0.328 e. The van der Waals surface area contributed by atoms with Gasteiger partial charge in [0.2, 0.25) is 0 Å². The van der Waals surface area contributed by atoms with E-state index in [1.165, 1.54) is 25.6 Å². The Bertz CT molecular complexity index is 465. The van der Waals surface area contributed by atoms with E-state index in [0.717, 1.165) is 6.42 Å². The number of hydrogen-bond acceptors (Lipinski definition) is 4. The molecular formula is C13H17ClN2O3. The van der Waals surface area contributed by atoms with Gasteiger partial charge in [-0.15, -0.1) is 0 Å². The minimum Gasteiger partial charge on any atom is -0.467 e. The van der Waals surface area contributed by atoms with Crippen molar-refractivity contribution in [1.29, 1.82) is 0 Å². The minimum atomic E-state index is -0.696.